The van der Waals surface area contributed by atoms with Crippen LogP contribution in [-0.2, 0) is 0 Å². The molecule has 0 aromatic carbocycles. The fourth-order valence-corrected chi connectivity index (χ4v) is 1.27. The predicted molar refractivity (Wildman–Crippen MR) is 62.1 cm³/mol. The molecule has 1 aromatic rings. The maximum atomic E-state index is 11.8. The summed E-state index contributed by atoms with van der Waals surface area (Å²) in [7, 11) is 1.60. The third-order valence-electron chi connectivity index (χ3n) is 2.10. The molecule has 0 saturated heterocycles. The summed E-state index contributed by atoms with van der Waals surface area (Å²) >= 11 is 10.4. The van der Waals surface area contributed by atoms with E-state index in [1.54, 1.807) is 14.0 Å². The Hall–Kier alpha value is -1.07. The molecular weight excluding hydrogens is 236 g/mol. The van der Waals surface area contributed by atoms with Gasteiger partial charge in [0.25, 0.3) is 5.91 Å². The molecule has 0 radical (unpaired) electrons. The van der Waals surface area contributed by atoms with Crippen molar-refractivity contribution in [2.24, 2.45) is 5.73 Å². The Balaban J connectivity index is 2.81. The van der Waals surface area contributed by atoms with Gasteiger partial charge in [-0.2, -0.15) is 0 Å². The van der Waals surface area contributed by atoms with E-state index >= 15 is 0 Å². The van der Waals surface area contributed by atoms with Gasteiger partial charge in [0, 0.05) is 7.05 Å². The lowest BCUT2D eigenvalue weighted by atomic mass is 10.3. The first-order chi connectivity index (χ1) is 6.93. The van der Waals surface area contributed by atoms with Crippen LogP contribution in [0.4, 0.5) is 0 Å². The topological polar surface area (TPSA) is 59.5 Å². The number of rotatable bonds is 3. The van der Waals surface area contributed by atoms with Gasteiger partial charge >= 0.3 is 0 Å². The Morgan fingerprint density at radius 3 is 2.67 bits per heavy atom. The summed E-state index contributed by atoms with van der Waals surface area (Å²) in [6.07, 6.45) is 0. The zero-order chi connectivity index (χ0) is 11.6. The zero-order valence-electron chi connectivity index (χ0n) is 8.36. The number of likely N-dealkylation sites (N-methyl/N-ethyl adjacent to an activating group) is 1. The molecule has 0 spiro atoms. The van der Waals surface area contributed by atoms with Gasteiger partial charge in [-0.15, -0.1) is 0 Å². The second kappa shape index (κ2) is 4.63. The van der Waals surface area contributed by atoms with E-state index in [0.717, 1.165) is 0 Å². The number of carbonyl (C=O) groups excluding carboxylic acids is 1. The first-order valence-corrected chi connectivity index (χ1v) is 5.04. The van der Waals surface area contributed by atoms with Crippen molar-refractivity contribution in [1.82, 2.24) is 4.90 Å². The van der Waals surface area contributed by atoms with Crippen molar-refractivity contribution in [3.63, 3.8) is 0 Å². The molecule has 0 bridgehead atoms. The lowest BCUT2D eigenvalue weighted by Crippen LogP contribution is -2.42. The minimum atomic E-state index is -0.323. The monoisotopic (exact) mass is 246 g/mol. The van der Waals surface area contributed by atoms with Gasteiger partial charge in [0.2, 0.25) is 0 Å². The minimum Gasteiger partial charge on any atom is -0.440 e. The average molecular weight is 247 g/mol. The van der Waals surface area contributed by atoms with Gasteiger partial charge in [-0.25, -0.2) is 0 Å². The summed E-state index contributed by atoms with van der Waals surface area (Å²) in [6.45, 7) is 1.74. The van der Waals surface area contributed by atoms with E-state index < -0.39 is 0 Å². The van der Waals surface area contributed by atoms with Crippen LogP contribution in [-0.4, -0.2) is 28.9 Å². The number of carbonyl (C=O) groups is 1. The smallest absolute Gasteiger partial charge is 0.289 e. The van der Waals surface area contributed by atoms with Crippen molar-refractivity contribution >= 4 is 34.7 Å². The number of amides is 1. The third kappa shape index (κ3) is 2.70. The maximum Gasteiger partial charge on any atom is 0.289 e. The summed E-state index contributed by atoms with van der Waals surface area (Å²) in [6, 6.07) is 2.69. The van der Waals surface area contributed by atoms with Crippen LogP contribution >= 0.6 is 23.8 Å². The van der Waals surface area contributed by atoms with Gasteiger partial charge in [0.05, 0.1) is 11.0 Å². The van der Waals surface area contributed by atoms with Crippen molar-refractivity contribution in [1.29, 1.82) is 0 Å². The second-order valence-electron chi connectivity index (χ2n) is 3.10. The van der Waals surface area contributed by atoms with Crippen molar-refractivity contribution in [2.75, 3.05) is 7.05 Å². The Bertz CT molecular complexity index is 391. The first kappa shape index (κ1) is 12.0. The van der Waals surface area contributed by atoms with Crippen molar-refractivity contribution in [3.05, 3.63) is 23.1 Å². The third-order valence-corrected chi connectivity index (χ3v) is 2.64. The summed E-state index contributed by atoms with van der Waals surface area (Å²) in [4.78, 5) is 13.4. The molecule has 1 amide bonds. The van der Waals surface area contributed by atoms with Crippen LogP contribution in [0.25, 0.3) is 0 Å². The number of thiocarbonyl (C=S) groups is 1. The van der Waals surface area contributed by atoms with E-state index in [1.807, 2.05) is 0 Å². The molecule has 1 rings (SSSR count). The maximum absolute atomic E-state index is 11.8. The molecular formula is C9H11ClN2O2S. The Kier molecular flexibility index (Phi) is 3.71. The standard InChI is InChI=1S/C9H11ClN2O2S/c1-5(8(11)15)12(2)9(13)6-3-4-7(10)14-6/h3-5H,1-2H3,(H2,11,15). The molecule has 4 nitrogen and oxygen atoms in total. The number of nitrogens with zero attached hydrogens (tertiary/aromatic N) is 1. The largest absolute Gasteiger partial charge is 0.440 e. The van der Waals surface area contributed by atoms with Crippen LogP contribution in [0.15, 0.2) is 16.5 Å². The number of halogens is 1. The highest BCUT2D eigenvalue weighted by Crippen LogP contribution is 2.15. The lowest BCUT2D eigenvalue weighted by molar-refractivity contribution is 0.0747. The van der Waals surface area contributed by atoms with Gasteiger partial charge in [0.1, 0.15) is 0 Å². The molecule has 0 saturated carbocycles. The van der Waals surface area contributed by atoms with Crippen molar-refractivity contribution < 1.29 is 9.21 Å². The molecule has 1 atom stereocenters. The van der Waals surface area contributed by atoms with Crippen molar-refractivity contribution in [2.45, 2.75) is 13.0 Å². The van der Waals surface area contributed by atoms with Gasteiger partial charge in [-0.3, -0.25) is 4.79 Å². The van der Waals surface area contributed by atoms with Crippen molar-refractivity contribution in [3.8, 4) is 0 Å². The number of furan rings is 1. The second-order valence-corrected chi connectivity index (χ2v) is 3.94. The van der Waals surface area contributed by atoms with E-state index in [9.17, 15) is 4.79 Å². The zero-order valence-corrected chi connectivity index (χ0v) is 9.93. The summed E-state index contributed by atoms with van der Waals surface area (Å²) in [5, 5.41) is 0.176. The molecule has 0 fully saturated rings. The van der Waals surface area contributed by atoms with E-state index in [0.29, 0.717) is 0 Å². The number of nitrogens with two attached hydrogens (primary N) is 1. The van der Waals surface area contributed by atoms with Gasteiger partial charge < -0.3 is 15.1 Å². The van der Waals surface area contributed by atoms with Gasteiger partial charge in [-0.05, 0) is 30.7 Å². The minimum absolute atomic E-state index is 0.172. The molecule has 2 N–H and O–H groups in total. The summed E-state index contributed by atoms with van der Waals surface area (Å²) in [5.74, 6) is -0.132. The fourth-order valence-electron chi connectivity index (χ4n) is 0.970. The molecule has 0 aliphatic carbocycles. The Morgan fingerprint density at radius 1 is 1.67 bits per heavy atom. The van der Waals surface area contributed by atoms with Gasteiger partial charge in [0.15, 0.2) is 11.0 Å². The molecule has 82 valence electrons. The molecule has 1 aromatic heterocycles. The van der Waals surface area contributed by atoms with E-state index in [-0.39, 0.29) is 27.9 Å². The fraction of sp³-hybridized carbons (Fsp3) is 0.333. The predicted octanol–water partition coefficient (Wildman–Crippen LogP) is 1.68. The molecule has 1 unspecified atom stereocenters. The van der Waals surface area contributed by atoms with Crippen LogP contribution in [0.3, 0.4) is 0 Å². The summed E-state index contributed by atoms with van der Waals surface area (Å²) in [5.41, 5.74) is 5.44. The van der Waals surface area contributed by atoms with Crippen LogP contribution in [0.1, 0.15) is 17.5 Å². The highest BCUT2D eigenvalue weighted by molar-refractivity contribution is 7.80. The lowest BCUT2D eigenvalue weighted by Gasteiger charge is -2.22. The Morgan fingerprint density at radius 2 is 2.27 bits per heavy atom. The van der Waals surface area contributed by atoms with Crippen LogP contribution in [0.5, 0.6) is 0 Å². The van der Waals surface area contributed by atoms with E-state index in [1.165, 1.54) is 17.0 Å². The summed E-state index contributed by atoms with van der Waals surface area (Å²) < 4.78 is 4.99. The highest BCUT2D eigenvalue weighted by atomic mass is 35.5. The number of hydrogen-bond donors (Lipinski definition) is 1. The molecule has 0 aliphatic rings. The normalized spacial score (nSPS) is 12.2. The van der Waals surface area contributed by atoms with Crippen LogP contribution < -0.4 is 5.73 Å². The molecule has 1 heterocycles. The highest BCUT2D eigenvalue weighted by Gasteiger charge is 2.21. The molecule has 6 heteroatoms. The quantitative estimate of drug-likeness (QED) is 0.825. The van der Waals surface area contributed by atoms with Gasteiger partial charge in [-0.1, -0.05) is 12.2 Å². The SMILES string of the molecule is CC(C(N)=S)N(C)C(=O)c1ccc(Cl)o1. The average Bonchev–Trinajstić information content (AvgIpc) is 2.61. The van der Waals surface area contributed by atoms with E-state index in [4.69, 9.17) is 34.0 Å². The van der Waals surface area contributed by atoms with Crippen LogP contribution in [0, 0.1) is 0 Å². The Labute approximate surface area is 98.0 Å². The van der Waals surface area contributed by atoms with Crippen LogP contribution in [0.2, 0.25) is 5.22 Å². The molecule has 0 aliphatic heterocycles. The molecule has 15 heavy (non-hydrogen) atoms. The van der Waals surface area contributed by atoms with E-state index in [2.05, 4.69) is 0 Å². The first-order valence-electron chi connectivity index (χ1n) is 4.25. The number of hydrogen-bond acceptors (Lipinski definition) is 3.